The van der Waals surface area contributed by atoms with Gasteiger partial charge in [0.05, 0.1) is 0 Å². The molecule has 0 aliphatic heterocycles. The van der Waals surface area contributed by atoms with Crippen LogP contribution in [0, 0.1) is 17.5 Å². The first-order chi connectivity index (χ1) is 11.0. The van der Waals surface area contributed by atoms with Gasteiger partial charge < -0.3 is 5.11 Å². The number of rotatable bonds is 3. The zero-order chi connectivity index (χ0) is 16.6. The minimum absolute atomic E-state index is 0.0732. The van der Waals surface area contributed by atoms with Crippen LogP contribution >= 0.6 is 0 Å². The van der Waals surface area contributed by atoms with Gasteiger partial charge in [-0.15, -0.1) is 0 Å². The van der Waals surface area contributed by atoms with E-state index in [1.165, 1.54) is 0 Å². The topological polar surface area (TPSA) is 20.2 Å². The van der Waals surface area contributed by atoms with Gasteiger partial charge in [0.25, 0.3) is 0 Å². The average Bonchev–Trinajstić information content (AvgIpc) is 2.53. The highest BCUT2D eigenvalue weighted by molar-refractivity contribution is 5.95. The lowest BCUT2D eigenvalue weighted by molar-refractivity contribution is 0.447. The van der Waals surface area contributed by atoms with E-state index in [1.54, 1.807) is 18.2 Å². The minimum Gasteiger partial charge on any atom is -0.507 e. The molecular weight excluding hydrogens is 301 g/mol. The zero-order valence-electron chi connectivity index (χ0n) is 12.5. The van der Waals surface area contributed by atoms with Gasteiger partial charge >= 0.3 is 0 Å². The Morgan fingerprint density at radius 2 is 1.61 bits per heavy atom. The summed E-state index contributed by atoms with van der Waals surface area (Å²) >= 11 is 0. The second-order valence-electron chi connectivity index (χ2n) is 5.52. The predicted molar refractivity (Wildman–Crippen MR) is 84.9 cm³/mol. The van der Waals surface area contributed by atoms with Crippen LogP contribution < -0.4 is 0 Å². The third kappa shape index (κ3) is 2.77. The molecule has 1 nitrogen and oxygen atoms in total. The van der Waals surface area contributed by atoms with Crippen LogP contribution in [-0.4, -0.2) is 5.11 Å². The molecule has 0 aromatic heterocycles. The molecule has 0 atom stereocenters. The van der Waals surface area contributed by atoms with Crippen molar-refractivity contribution in [2.24, 2.45) is 0 Å². The number of halogens is 3. The van der Waals surface area contributed by atoms with Crippen molar-refractivity contribution in [1.29, 1.82) is 0 Å². The van der Waals surface area contributed by atoms with Crippen LogP contribution in [-0.2, 0) is 6.42 Å². The van der Waals surface area contributed by atoms with E-state index >= 15 is 0 Å². The van der Waals surface area contributed by atoms with Crippen molar-refractivity contribution in [2.45, 2.75) is 19.8 Å². The van der Waals surface area contributed by atoms with E-state index in [0.717, 1.165) is 35.9 Å². The highest BCUT2D eigenvalue weighted by Crippen LogP contribution is 2.37. The van der Waals surface area contributed by atoms with Crippen LogP contribution in [0.1, 0.15) is 18.9 Å². The molecular formula is C19H15F3O. The van der Waals surface area contributed by atoms with Crippen LogP contribution in [0.3, 0.4) is 0 Å². The van der Waals surface area contributed by atoms with Crippen LogP contribution in [0.25, 0.3) is 21.9 Å². The molecule has 0 unspecified atom stereocenters. The van der Waals surface area contributed by atoms with E-state index in [4.69, 9.17) is 0 Å². The molecule has 4 heteroatoms. The standard InChI is InChI=1S/C19H15F3O/c1-2-3-11-4-6-14-12(8-11)5-7-15(19(14)23)13-9-16(20)18(22)17(21)10-13/h4-10,23H,2-3H2,1H3. The Morgan fingerprint density at radius 1 is 0.913 bits per heavy atom. The van der Waals surface area contributed by atoms with Gasteiger partial charge in [-0.25, -0.2) is 13.2 Å². The minimum atomic E-state index is -1.52. The fraction of sp³-hybridized carbons (Fsp3) is 0.158. The first kappa shape index (κ1) is 15.4. The van der Waals surface area contributed by atoms with Gasteiger partial charge in [0.1, 0.15) is 5.75 Å². The molecule has 0 bridgehead atoms. The molecule has 3 rings (SSSR count). The normalized spacial score (nSPS) is 11.1. The highest BCUT2D eigenvalue weighted by Gasteiger charge is 2.15. The maximum absolute atomic E-state index is 13.4. The summed E-state index contributed by atoms with van der Waals surface area (Å²) in [5.41, 5.74) is 1.52. The van der Waals surface area contributed by atoms with E-state index in [1.807, 2.05) is 12.1 Å². The molecule has 0 fully saturated rings. The fourth-order valence-electron chi connectivity index (χ4n) is 2.75. The van der Waals surface area contributed by atoms with Crippen molar-refractivity contribution in [3.63, 3.8) is 0 Å². The molecule has 1 N–H and O–H groups in total. The summed E-state index contributed by atoms with van der Waals surface area (Å²) in [5, 5.41) is 11.9. The maximum Gasteiger partial charge on any atom is 0.194 e. The summed E-state index contributed by atoms with van der Waals surface area (Å²) in [7, 11) is 0. The maximum atomic E-state index is 13.4. The molecule has 0 radical (unpaired) electrons. The van der Waals surface area contributed by atoms with Crippen LogP contribution in [0.2, 0.25) is 0 Å². The second-order valence-corrected chi connectivity index (χ2v) is 5.52. The average molecular weight is 316 g/mol. The van der Waals surface area contributed by atoms with E-state index in [0.29, 0.717) is 5.39 Å². The summed E-state index contributed by atoms with van der Waals surface area (Å²) in [5.74, 6) is -4.15. The third-order valence-corrected chi connectivity index (χ3v) is 3.89. The monoisotopic (exact) mass is 316 g/mol. The Morgan fingerprint density at radius 3 is 2.26 bits per heavy atom. The van der Waals surface area contributed by atoms with Crippen molar-refractivity contribution >= 4 is 10.8 Å². The summed E-state index contributed by atoms with van der Waals surface area (Å²) in [6.07, 6.45) is 1.95. The molecule has 0 amide bonds. The zero-order valence-corrected chi connectivity index (χ0v) is 12.5. The van der Waals surface area contributed by atoms with E-state index in [-0.39, 0.29) is 16.9 Å². The molecule has 0 saturated heterocycles. The fourth-order valence-corrected chi connectivity index (χ4v) is 2.75. The van der Waals surface area contributed by atoms with Gasteiger partial charge in [-0.1, -0.05) is 43.7 Å². The number of aryl methyl sites for hydroxylation is 1. The van der Waals surface area contributed by atoms with Gasteiger partial charge in [0.15, 0.2) is 17.5 Å². The number of phenolic OH excluding ortho intramolecular Hbond substituents is 1. The quantitative estimate of drug-likeness (QED) is 0.625. The first-order valence-electron chi connectivity index (χ1n) is 7.40. The molecule has 0 aliphatic carbocycles. The third-order valence-electron chi connectivity index (χ3n) is 3.89. The number of hydrogen-bond acceptors (Lipinski definition) is 1. The lowest BCUT2D eigenvalue weighted by Crippen LogP contribution is -1.92. The summed E-state index contributed by atoms with van der Waals surface area (Å²) < 4.78 is 39.9. The Bertz CT molecular complexity index is 864. The van der Waals surface area contributed by atoms with E-state index < -0.39 is 17.5 Å². The van der Waals surface area contributed by atoms with Crippen molar-refractivity contribution in [2.75, 3.05) is 0 Å². The van der Waals surface area contributed by atoms with Gasteiger partial charge in [0, 0.05) is 10.9 Å². The lowest BCUT2D eigenvalue weighted by atomic mass is 9.97. The molecule has 0 spiro atoms. The molecule has 0 aliphatic rings. The van der Waals surface area contributed by atoms with Crippen molar-refractivity contribution < 1.29 is 18.3 Å². The molecule has 23 heavy (non-hydrogen) atoms. The van der Waals surface area contributed by atoms with Gasteiger partial charge in [0.2, 0.25) is 0 Å². The van der Waals surface area contributed by atoms with Crippen molar-refractivity contribution in [3.8, 4) is 16.9 Å². The molecule has 118 valence electrons. The SMILES string of the molecule is CCCc1ccc2c(O)c(-c3cc(F)c(F)c(F)c3)ccc2c1. The second kappa shape index (κ2) is 5.95. The van der Waals surface area contributed by atoms with Crippen molar-refractivity contribution in [1.82, 2.24) is 0 Å². The number of fused-ring (bicyclic) bond motifs is 1. The van der Waals surface area contributed by atoms with Gasteiger partial charge in [-0.05, 0) is 35.1 Å². The molecule has 0 saturated carbocycles. The van der Waals surface area contributed by atoms with E-state index in [9.17, 15) is 18.3 Å². The van der Waals surface area contributed by atoms with Crippen LogP contribution in [0.5, 0.6) is 5.75 Å². The summed E-state index contributed by atoms with van der Waals surface area (Å²) in [6, 6.07) is 10.8. The van der Waals surface area contributed by atoms with Crippen LogP contribution in [0.15, 0.2) is 42.5 Å². The summed E-state index contributed by atoms with van der Waals surface area (Å²) in [6.45, 7) is 2.09. The van der Waals surface area contributed by atoms with Crippen LogP contribution in [0.4, 0.5) is 13.2 Å². The number of hydrogen-bond donors (Lipinski definition) is 1. The number of aromatic hydroxyl groups is 1. The number of phenols is 1. The van der Waals surface area contributed by atoms with Gasteiger partial charge in [-0.2, -0.15) is 0 Å². The Hall–Kier alpha value is -2.49. The first-order valence-corrected chi connectivity index (χ1v) is 7.40. The van der Waals surface area contributed by atoms with Gasteiger partial charge in [-0.3, -0.25) is 0 Å². The van der Waals surface area contributed by atoms with Crippen molar-refractivity contribution in [3.05, 3.63) is 65.5 Å². The molecule has 3 aromatic carbocycles. The Balaban J connectivity index is 2.16. The largest absolute Gasteiger partial charge is 0.507 e. The molecule has 3 aromatic rings. The Kier molecular flexibility index (Phi) is 3.99. The molecule has 0 heterocycles. The lowest BCUT2D eigenvalue weighted by Gasteiger charge is -2.10. The smallest absolute Gasteiger partial charge is 0.194 e. The predicted octanol–water partition coefficient (Wildman–Crippen LogP) is 5.58. The highest BCUT2D eigenvalue weighted by atomic mass is 19.2. The Labute approximate surface area is 132 Å². The van der Waals surface area contributed by atoms with E-state index in [2.05, 4.69) is 6.92 Å². The number of benzene rings is 3. The summed E-state index contributed by atoms with van der Waals surface area (Å²) in [4.78, 5) is 0.